The highest BCUT2D eigenvalue weighted by Crippen LogP contribution is 2.41. The number of ketones is 1. The van der Waals surface area contributed by atoms with Gasteiger partial charge in [-0.25, -0.2) is 0 Å². The fourth-order valence-corrected chi connectivity index (χ4v) is 4.25. The molecule has 2 aromatic heterocycles. The second-order valence-corrected chi connectivity index (χ2v) is 7.89. The topological polar surface area (TPSA) is 89.8 Å². The van der Waals surface area contributed by atoms with Gasteiger partial charge in [0.15, 0.2) is 16.8 Å². The molecule has 0 unspecified atom stereocenters. The maximum absolute atomic E-state index is 12.7. The molecule has 1 aliphatic carbocycles. The van der Waals surface area contributed by atoms with Gasteiger partial charge >= 0.3 is 0 Å². The Balaban J connectivity index is 1.35. The number of anilines is 1. The van der Waals surface area contributed by atoms with E-state index in [1.165, 1.54) is 11.8 Å². The van der Waals surface area contributed by atoms with Gasteiger partial charge in [0, 0.05) is 35.2 Å². The maximum Gasteiger partial charge on any atom is 0.228 e. The highest BCUT2D eigenvalue weighted by Gasteiger charge is 2.30. The van der Waals surface area contributed by atoms with Crippen LogP contribution >= 0.6 is 11.8 Å². The molecule has 7 nitrogen and oxygen atoms in total. The highest BCUT2D eigenvalue weighted by atomic mass is 32.2. The van der Waals surface area contributed by atoms with E-state index in [1.54, 1.807) is 24.5 Å². The van der Waals surface area contributed by atoms with Crippen LogP contribution in [0.1, 0.15) is 34.8 Å². The number of amides is 1. The van der Waals surface area contributed by atoms with Crippen LogP contribution in [0.25, 0.3) is 11.4 Å². The minimum absolute atomic E-state index is 0.0166. The van der Waals surface area contributed by atoms with E-state index in [-0.39, 0.29) is 17.4 Å². The fourth-order valence-electron chi connectivity index (χ4n) is 3.35. The Kier molecular flexibility index (Phi) is 4.20. The molecular formula is C20H17N5O2S. The number of Topliss-reactive ketones (excluding diaryl/α,β-unsaturated/α-hetero) is 1. The van der Waals surface area contributed by atoms with Crippen molar-refractivity contribution in [2.45, 2.75) is 30.5 Å². The van der Waals surface area contributed by atoms with Crippen LogP contribution < -0.4 is 5.32 Å². The summed E-state index contributed by atoms with van der Waals surface area (Å²) in [5.74, 6) is 1.08. The van der Waals surface area contributed by atoms with E-state index in [0.29, 0.717) is 18.0 Å². The van der Waals surface area contributed by atoms with Crippen molar-refractivity contribution in [3.05, 3.63) is 53.9 Å². The molecule has 28 heavy (non-hydrogen) atoms. The molecule has 5 rings (SSSR count). The Morgan fingerprint density at radius 3 is 2.79 bits per heavy atom. The number of carbonyl (C=O) groups excluding carboxylic acids is 2. The van der Waals surface area contributed by atoms with Gasteiger partial charge in [0.25, 0.3) is 0 Å². The lowest BCUT2D eigenvalue weighted by Gasteiger charge is -2.08. The molecule has 1 amide bonds. The molecule has 0 spiro atoms. The number of nitrogens with zero attached hydrogens (tertiary/aromatic N) is 4. The summed E-state index contributed by atoms with van der Waals surface area (Å²) in [6.07, 6.45) is 6.01. The quantitative estimate of drug-likeness (QED) is 0.513. The molecule has 0 bridgehead atoms. The van der Waals surface area contributed by atoms with Gasteiger partial charge in [0.05, 0.1) is 12.2 Å². The molecule has 1 fully saturated rings. The lowest BCUT2D eigenvalue weighted by molar-refractivity contribution is -0.115. The van der Waals surface area contributed by atoms with E-state index < -0.39 is 0 Å². The first-order chi connectivity index (χ1) is 13.7. The number of rotatable bonds is 6. The zero-order valence-electron chi connectivity index (χ0n) is 15.0. The third-order valence-electron chi connectivity index (χ3n) is 4.90. The number of fused-ring (bicyclic) bond motifs is 1. The molecule has 0 saturated heterocycles. The van der Waals surface area contributed by atoms with Crippen LogP contribution in [0.3, 0.4) is 0 Å². The van der Waals surface area contributed by atoms with E-state index in [1.807, 2.05) is 18.2 Å². The standard InChI is InChI=1S/C20H17N5O2S/c26-17(13-1-4-16-14(9-13)10-18(27)22-16)11-28-20-24-23-19(25(20)15-2-3-15)12-5-7-21-8-6-12/h1,4-9,15H,2-3,10-11H2,(H,22,27). The number of hydrogen-bond donors (Lipinski definition) is 1. The molecule has 8 heteroatoms. The van der Waals surface area contributed by atoms with E-state index in [0.717, 1.165) is 40.6 Å². The molecule has 1 saturated carbocycles. The molecule has 140 valence electrons. The number of nitrogens with one attached hydrogen (secondary N) is 1. The predicted molar refractivity (Wildman–Crippen MR) is 105 cm³/mol. The Labute approximate surface area is 165 Å². The summed E-state index contributed by atoms with van der Waals surface area (Å²) >= 11 is 1.41. The van der Waals surface area contributed by atoms with Crippen molar-refractivity contribution in [3.8, 4) is 11.4 Å². The lowest BCUT2D eigenvalue weighted by atomic mass is 10.1. The van der Waals surface area contributed by atoms with Crippen LogP contribution in [-0.2, 0) is 11.2 Å². The summed E-state index contributed by atoms with van der Waals surface area (Å²) < 4.78 is 2.14. The third kappa shape index (κ3) is 3.20. The maximum atomic E-state index is 12.7. The van der Waals surface area contributed by atoms with Crippen molar-refractivity contribution in [2.24, 2.45) is 0 Å². The normalized spacial score (nSPS) is 15.4. The van der Waals surface area contributed by atoms with Gasteiger partial charge in [0.2, 0.25) is 5.91 Å². The van der Waals surface area contributed by atoms with Gasteiger partial charge in [-0.1, -0.05) is 11.8 Å². The van der Waals surface area contributed by atoms with E-state index in [4.69, 9.17) is 0 Å². The smallest absolute Gasteiger partial charge is 0.228 e. The van der Waals surface area contributed by atoms with Crippen LogP contribution in [0.4, 0.5) is 5.69 Å². The fraction of sp³-hybridized carbons (Fsp3) is 0.250. The van der Waals surface area contributed by atoms with Gasteiger partial charge in [-0.05, 0) is 48.7 Å². The second kappa shape index (κ2) is 6.87. The van der Waals surface area contributed by atoms with E-state index >= 15 is 0 Å². The number of pyridine rings is 1. The first kappa shape index (κ1) is 17.1. The minimum atomic E-state index is -0.0323. The minimum Gasteiger partial charge on any atom is -0.326 e. The molecular weight excluding hydrogens is 374 g/mol. The molecule has 1 aliphatic heterocycles. The summed E-state index contributed by atoms with van der Waals surface area (Å²) in [5, 5.41) is 12.2. The highest BCUT2D eigenvalue weighted by molar-refractivity contribution is 7.99. The number of aromatic nitrogens is 4. The van der Waals surface area contributed by atoms with Crippen molar-refractivity contribution >= 4 is 29.1 Å². The van der Waals surface area contributed by atoms with Crippen molar-refractivity contribution in [3.63, 3.8) is 0 Å². The first-order valence-electron chi connectivity index (χ1n) is 9.13. The average molecular weight is 391 g/mol. The largest absolute Gasteiger partial charge is 0.326 e. The Bertz CT molecular complexity index is 1080. The molecule has 1 N–H and O–H groups in total. The van der Waals surface area contributed by atoms with E-state index in [2.05, 4.69) is 25.1 Å². The predicted octanol–water partition coefficient (Wildman–Crippen LogP) is 3.14. The number of carbonyl (C=O) groups is 2. The van der Waals surface area contributed by atoms with Crippen molar-refractivity contribution in [1.82, 2.24) is 19.7 Å². The molecule has 3 aromatic rings. The van der Waals surface area contributed by atoms with Crippen molar-refractivity contribution < 1.29 is 9.59 Å². The molecule has 1 aromatic carbocycles. The van der Waals surface area contributed by atoms with Crippen LogP contribution in [0, 0.1) is 0 Å². The van der Waals surface area contributed by atoms with Gasteiger partial charge in [-0.3, -0.25) is 19.1 Å². The number of benzene rings is 1. The van der Waals surface area contributed by atoms with Crippen molar-refractivity contribution in [2.75, 3.05) is 11.1 Å². The van der Waals surface area contributed by atoms with E-state index in [9.17, 15) is 9.59 Å². The summed E-state index contributed by atoms with van der Waals surface area (Å²) in [7, 11) is 0. The average Bonchev–Trinajstić information content (AvgIpc) is 3.35. The summed E-state index contributed by atoms with van der Waals surface area (Å²) in [6.45, 7) is 0. The SMILES string of the molecule is O=C1Cc2cc(C(=O)CSc3nnc(-c4ccncc4)n3C3CC3)ccc2N1. The summed E-state index contributed by atoms with van der Waals surface area (Å²) in [4.78, 5) is 28.2. The molecule has 3 heterocycles. The van der Waals surface area contributed by atoms with Gasteiger partial charge in [-0.2, -0.15) is 0 Å². The summed E-state index contributed by atoms with van der Waals surface area (Å²) in [6, 6.07) is 9.61. The van der Waals surface area contributed by atoms with Crippen LogP contribution in [-0.4, -0.2) is 37.2 Å². The van der Waals surface area contributed by atoms with Crippen LogP contribution in [0.5, 0.6) is 0 Å². The Hall–Kier alpha value is -3.00. The third-order valence-corrected chi connectivity index (χ3v) is 5.84. The molecule has 2 aliphatic rings. The van der Waals surface area contributed by atoms with Crippen molar-refractivity contribution in [1.29, 1.82) is 0 Å². The summed E-state index contributed by atoms with van der Waals surface area (Å²) in [5.41, 5.74) is 3.27. The van der Waals surface area contributed by atoms with Gasteiger partial charge < -0.3 is 5.32 Å². The number of hydrogen-bond acceptors (Lipinski definition) is 6. The van der Waals surface area contributed by atoms with Crippen LogP contribution in [0.15, 0.2) is 47.9 Å². The lowest BCUT2D eigenvalue weighted by Crippen LogP contribution is -2.05. The Morgan fingerprint density at radius 2 is 2.00 bits per heavy atom. The van der Waals surface area contributed by atoms with Gasteiger partial charge in [0.1, 0.15) is 0 Å². The Morgan fingerprint density at radius 1 is 1.18 bits per heavy atom. The zero-order chi connectivity index (χ0) is 19.1. The first-order valence-corrected chi connectivity index (χ1v) is 10.1. The second-order valence-electron chi connectivity index (χ2n) is 6.95. The molecule has 0 radical (unpaired) electrons. The van der Waals surface area contributed by atoms with Crippen LogP contribution in [0.2, 0.25) is 0 Å². The zero-order valence-corrected chi connectivity index (χ0v) is 15.8. The molecule has 0 atom stereocenters. The monoisotopic (exact) mass is 391 g/mol. The van der Waals surface area contributed by atoms with Gasteiger partial charge in [-0.15, -0.1) is 10.2 Å². The number of thioether (sulfide) groups is 1.